The van der Waals surface area contributed by atoms with E-state index in [9.17, 15) is 9.59 Å². The first kappa shape index (κ1) is 13.2. The Kier molecular flexibility index (Phi) is 3.89. The normalized spacial score (nSPS) is 18.6. The second-order valence-corrected chi connectivity index (χ2v) is 4.84. The van der Waals surface area contributed by atoms with Crippen LogP contribution in [0.3, 0.4) is 0 Å². The summed E-state index contributed by atoms with van der Waals surface area (Å²) >= 11 is 0. The van der Waals surface area contributed by atoms with Gasteiger partial charge in [-0.15, -0.1) is 0 Å². The van der Waals surface area contributed by atoms with Gasteiger partial charge in [0.1, 0.15) is 18.2 Å². The number of Topliss-reactive ketones (excluding diaryl/α,β-unsaturated/α-hetero) is 1. The summed E-state index contributed by atoms with van der Waals surface area (Å²) in [6.07, 6.45) is 0.942. The standard InChI is InChI=1S/C12H16N2O3/c1-12(2)4-9(14-7-11(16)17-3)8(6-13)10(15)5-12/h14H,4-5,7H2,1-3H3. The lowest BCUT2D eigenvalue weighted by molar-refractivity contribution is -0.139. The minimum absolute atomic E-state index is 0.0274. The smallest absolute Gasteiger partial charge is 0.325 e. The molecule has 5 heteroatoms. The van der Waals surface area contributed by atoms with Crippen molar-refractivity contribution in [3.8, 4) is 6.07 Å². The maximum Gasteiger partial charge on any atom is 0.325 e. The molecule has 0 bridgehead atoms. The molecule has 0 atom stereocenters. The summed E-state index contributed by atoms with van der Waals surface area (Å²) in [7, 11) is 1.29. The van der Waals surface area contributed by atoms with E-state index in [1.807, 2.05) is 19.9 Å². The highest BCUT2D eigenvalue weighted by molar-refractivity contribution is 6.01. The zero-order valence-corrected chi connectivity index (χ0v) is 10.3. The third-order valence-electron chi connectivity index (χ3n) is 2.66. The van der Waals surface area contributed by atoms with Gasteiger partial charge >= 0.3 is 5.97 Å². The number of hydrogen-bond donors (Lipinski definition) is 1. The Bertz CT molecular complexity index is 416. The van der Waals surface area contributed by atoms with Gasteiger partial charge in [-0.3, -0.25) is 9.59 Å². The Labute approximate surface area is 100 Å². The van der Waals surface area contributed by atoms with Crippen molar-refractivity contribution >= 4 is 11.8 Å². The van der Waals surface area contributed by atoms with E-state index in [-0.39, 0.29) is 23.3 Å². The Morgan fingerprint density at radius 1 is 1.53 bits per heavy atom. The van der Waals surface area contributed by atoms with Gasteiger partial charge in [0.25, 0.3) is 0 Å². The van der Waals surface area contributed by atoms with Crippen LogP contribution in [0.4, 0.5) is 0 Å². The van der Waals surface area contributed by atoms with Crippen molar-refractivity contribution in [1.82, 2.24) is 5.32 Å². The molecule has 0 radical (unpaired) electrons. The molecule has 0 unspecified atom stereocenters. The average Bonchev–Trinajstić information content (AvgIpc) is 2.24. The van der Waals surface area contributed by atoms with Crippen LogP contribution in [0.15, 0.2) is 11.3 Å². The first-order valence-corrected chi connectivity index (χ1v) is 5.37. The van der Waals surface area contributed by atoms with Gasteiger partial charge in [0.05, 0.1) is 7.11 Å². The van der Waals surface area contributed by atoms with Gasteiger partial charge in [-0.25, -0.2) is 0 Å². The Morgan fingerprint density at radius 3 is 2.71 bits per heavy atom. The molecule has 0 heterocycles. The molecule has 5 nitrogen and oxygen atoms in total. The van der Waals surface area contributed by atoms with Crippen molar-refractivity contribution in [2.45, 2.75) is 26.7 Å². The van der Waals surface area contributed by atoms with E-state index < -0.39 is 5.97 Å². The summed E-state index contributed by atoms with van der Waals surface area (Å²) < 4.78 is 4.50. The van der Waals surface area contributed by atoms with Gasteiger partial charge in [0.15, 0.2) is 5.78 Å². The third kappa shape index (κ3) is 3.31. The van der Waals surface area contributed by atoms with Crippen molar-refractivity contribution in [3.63, 3.8) is 0 Å². The van der Waals surface area contributed by atoms with Crippen LogP contribution in [0.25, 0.3) is 0 Å². The maximum atomic E-state index is 11.7. The third-order valence-corrected chi connectivity index (χ3v) is 2.66. The quantitative estimate of drug-likeness (QED) is 0.737. The first-order valence-electron chi connectivity index (χ1n) is 5.37. The van der Waals surface area contributed by atoms with Crippen LogP contribution in [0, 0.1) is 16.7 Å². The highest BCUT2D eigenvalue weighted by atomic mass is 16.5. The van der Waals surface area contributed by atoms with Gasteiger partial charge in [0.2, 0.25) is 0 Å². The van der Waals surface area contributed by atoms with E-state index in [2.05, 4.69) is 10.1 Å². The van der Waals surface area contributed by atoms with E-state index in [1.165, 1.54) is 7.11 Å². The van der Waals surface area contributed by atoms with Crippen LogP contribution in [-0.2, 0) is 14.3 Å². The molecule has 1 aliphatic carbocycles. The monoisotopic (exact) mass is 236 g/mol. The number of rotatable bonds is 3. The van der Waals surface area contributed by atoms with Gasteiger partial charge in [-0.2, -0.15) is 5.26 Å². The number of hydrogen-bond acceptors (Lipinski definition) is 5. The van der Waals surface area contributed by atoms with Crippen molar-refractivity contribution < 1.29 is 14.3 Å². The molecular formula is C12H16N2O3. The maximum absolute atomic E-state index is 11.7. The van der Waals surface area contributed by atoms with Crippen molar-refractivity contribution in [1.29, 1.82) is 5.26 Å². The molecule has 92 valence electrons. The fraction of sp³-hybridized carbons (Fsp3) is 0.583. The molecule has 1 aliphatic rings. The van der Waals surface area contributed by atoms with Crippen molar-refractivity contribution in [2.24, 2.45) is 5.41 Å². The Morgan fingerprint density at radius 2 is 2.18 bits per heavy atom. The number of carbonyl (C=O) groups excluding carboxylic acids is 2. The number of nitriles is 1. The Hall–Kier alpha value is -1.83. The topological polar surface area (TPSA) is 79.2 Å². The summed E-state index contributed by atoms with van der Waals surface area (Å²) in [6, 6.07) is 1.90. The lowest BCUT2D eigenvalue weighted by Gasteiger charge is -2.30. The second kappa shape index (κ2) is 5.00. The molecule has 0 spiro atoms. The van der Waals surface area contributed by atoms with Crippen LogP contribution >= 0.6 is 0 Å². The number of ether oxygens (including phenoxy) is 1. The number of esters is 1. The average molecular weight is 236 g/mol. The fourth-order valence-corrected chi connectivity index (χ4v) is 1.85. The summed E-state index contributed by atoms with van der Waals surface area (Å²) in [4.78, 5) is 22.7. The van der Waals surface area contributed by atoms with Crippen LogP contribution in [0.2, 0.25) is 0 Å². The molecule has 17 heavy (non-hydrogen) atoms. The SMILES string of the molecule is COC(=O)CNC1=C(C#N)C(=O)CC(C)(C)C1. The van der Waals surface area contributed by atoms with Gasteiger partial charge < -0.3 is 10.1 Å². The molecule has 0 amide bonds. The van der Waals surface area contributed by atoms with Crippen LogP contribution in [0.1, 0.15) is 26.7 Å². The summed E-state index contributed by atoms with van der Waals surface area (Å²) in [5, 5.41) is 11.8. The first-order chi connectivity index (χ1) is 7.89. The van der Waals surface area contributed by atoms with Gasteiger partial charge in [-0.05, 0) is 11.8 Å². The molecule has 0 saturated heterocycles. The van der Waals surface area contributed by atoms with Gasteiger partial charge in [0, 0.05) is 12.1 Å². The molecule has 1 N–H and O–H groups in total. The second-order valence-electron chi connectivity index (χ2n) is 4.84. The zero-order chi connectivity index (χ0) is 13.1. The highest BCUT2D eigenvalue weighted by Gasteiger charge is 2.33. The predicted molar refractivity (Wildman–Crippen MR) is 60.7 cm³/mol. The van der Waals surface area contributed by atoms with E-state index in [0.717, 1.165) is 0 Å². The van der Waals surface area contributed by atoms with E-state index in [1.54, 1.807) is 0 Å². The fourth-order valence-electron chi connectivity index (χ4n) is 1.85. The minimum atomic E-state index is -0.425. The number of methoxy groups -OCH3 is 1. The summed E-state index contributed by atoms with van der Waals surface area (Å²) in [5.41, 5.74) is 0.489. The van der Waals surface area contributed by atoms with Crippen LogP contribution < -0.4 is 5.32 Å². The Balaban J connectivity index is 2.88. The van der Waals surface area contributed by atoms with Crippen molar-refractivity contribution in [3.05, 3.63) is 11.3 Å². The van der Waals surface area contributed by atoms with Crippen molar-refractivity contribution in [2.75, 3.05) is 13.7 Å². The minimum Gasteiger partial charge on any atom is -0.468 e. The molecule has 0 saturated carbocycles. The molecule has 0 aromatic carbocycles. The molecule has 0 fully saturated rings. The molecular weight excluding hydrogens is 220 g/mol. The number of ketones is 1. The van der Waals surface area contributed by atoms with Gasteiger partial charge in [-0.1, -0.05) is 13.8 Å². The zero-order valence-electron chi connectivity index (χ0n) is 10.3. The van der Waals surface area contributed by atoms with E-state index in [0.29, 0.717) is 18.5 Å². The lowest BCUT2D eigenvalue weighted by Crippen LogP contribution is -2.33. The predicted octanol–water partition coefficient (Wildman–Crippen LogP) is 0.916. The van der Waals surface area contributed by atoms with E-state index in [4.69, 9.17) is 5.26 Å². The molecule has 0 aromatic heterocycles. The summed E-state index contributed by atoms with van der Waals surface area (Å²) in [5.74, 6) is -0.596. The highest BCUT2D eigenvalue weighted by Crippen LogP contribution is 2.35. The lowest BCUT2D eigenvalue weighted by atomic mass is 9.76. The molecule has 0 aromatic rings. The van der Waals surface area contributed by atoms with E-state index >= 15 is 0 Å². The number of allylic oxidation sites excluding steroid dienone is 2. The number of nitrogens with zero attached hydrogens (tertiary/aromatic N) is 1. The van der Waals surface area contributed by atoms with Crippen LogP contribution in [-0.4, -0.2) is 25.4 Å². The largest absolute Gasteiger partial charge is 0.468 e. The number of nitrogens with one attached hydrogen (secondary N) is 1. The molecule has 0 aliphatic heterocycles. The number of carbonyl (C=O) groups is 2. The molecule has 1 rings (SSSR count). The summed E-state index contributed by atoms with van der Waals surface area (Å²) in [6.45, 7) is 3.89. The van der Waals surface area contributed by atoms with Crippen LogP contribution in [0.5, 0.6) is 0 Å².